The topological polar surface area (TPSA) is 76.4 Å². The first-order chi connectivity index (χ1) is 14.3. The number of furan rings is 1. The van der Waals surface area contributed by atoms with Gasteiger partial charge in [0.05, 0.1) is 5.75 Å². The highest BCUT2D eigenvalue weighted by molar-refractivity contribution is 7.89. The number of hydrogen-bond donors (Lipinski definition) is 1. The van der Waals surface area contributed by atoms with Crippen molar-refractivity contribution < 1.29 is 22.0 Å². The first kappa shape index (κ1) is 20.6. The largest absolute Gasteiger partial charge is 0.451 e. The van der Waals surface area contributed by atoms with Crippen LogP contribution in [-0.2, 0) is 21.0 Å². The number of fused-ring (bicyclic) bond motifs is 1. The van der Waals surface area contributed by atoms with Crippen LogP contribution in [0.1, 0.15) is 47.4 Å². The van der Waals surface area contributed by atoms with Gasteiger partial charge in [-0.15, -0.1) is 0 Å². The number of amides is 1. The summed E-state index contributed by atoms with van der Waals surface area (Å²) in [4.78, 5) is 13.0. The zero-order valence-corrected chi connectivity index (χ0v) is 17.6. The Balaban J connectivity index is 1.63. The van der Waals surface area contributed by atoms with Gasteiger partial charge in [-0.05, 0) is 36.6 Å². The molecule has 0 aliphatic heterocycles. The summed E-state index contributed by atoms with van der Waals surface area (Å²) in [6.45, 7) is 0.382. The van der Waals surface area contributed by atoms with Crippen molar-refractivity contribution in [2.75, 3.05) is 12.8 Å². The summed E-state index contributed by atoms with van der Waals surface area (Å²) >= 11 is 0. The van der Waals surface area contributed by atoms with Crippen LogP contribution in [0.25, 0.3) is 11.0 Å². The van der Waals surface area contributed by atoms with E-state index in [0.717, 1.165) is 37.5 Å². The zero-order valence-electron chi connectivity index (χ0n) is 16.8. The molecular formula is C23H24FNO4S. The molecular weight excluding hydrogens is 405 g/mol. The summed E-state index contributed by atoms with van der Waals surface area (Å²) in [6, 6.07) is 13.5. The van der Waals surface area contributed by atoms with Crippen LogP contribution in [0, 0.1) is 5.82 Å². The number of para-hydroxylation sites is 1. The molecule has 1 amide bonds. The minimum atomic E-state index is -3.36. The third kappa shape index (κ3) is 4.12. The highest BCUT2D eigenvalue weighted by atomic mass is 32.2. The van der Waals surface area contributed by atoms with Gasteiger partial charge in [0.1, 0.15) is 11.4 Å². The zero-order chi connectivity index (χ0) is 21.4. The summed E-state index contributed by atoms with van der Waals surface area (Å²) < 4.78 is 43.0. The lowest BCUT2D eigenvalue weighted by atomic mass is 9.79. The van der Waals surface area contributed by atoms with Crippen molar-refractivity contribution in [1.82, 2.24) is 5.32 Å². The van der Waals surface area contributed by atoms with Crippen LogP contribution < -0.4 is 5.32 Å². The molecule has 2 aromatic carbocycles. The first-order valence-corrected chi connectivity index (χ1v) is 12.1. The second-order valence-electron chi connectivity index (χ2n) is 8.15. The SMILES string of the molecule is CS(=O)(=O)Cc1c(C(=O)NCC2(c3ccc(F)cc3)CCCC2)oc2ccccc12. The van der Waals surface area contributed by atoms with Gasteiger partial charge in [0.2, 0.25) is 0 Å². The predicted molar refractivity (Wildman–Crippen MR) is 114 cm³/mol. The average molecular weight is 430 g/mol. The standard InChI is InChI=1S/C23H24FNO4S/c1-30(27,28)14-19-18-6-2-3-7-20(18)29-21(19)22(26)25-15-23(12-4-5-13-23)16-8-10-17(24)11-9-16/h2-3,6-11H,4-5,12-15H2,1H3,(H,25,26). The summed E-state index contributed by atoms with van der Waals surface area (Å²) in [7, 11) is -3.36. The van der Waals surface area contributed by atoms with Crippen LogP contribution in [0.4, 0.5) is 4.39 Å². The van der Waals surface area contributed by atoms with Crippen LogP contribution in [0.2, 0.25) is 0 Å². The summed E-state index contributed by atoms with van der Waals surface area (Å²) in [6.07, 6.45) is 5.01. The summed E-state index contributed by atoms with van der Waals surface area (Å²) in [5, 5.41) is 3.59. The molecule has 3 aromatic rings. The second-order valence-corrected chi connectivity index (χ2v) is 10.3. The molecule has 30 heavy (non-hydrogen) atoms. The van der Waals surface area contributed by atoms with Gasteiger partial charge in [0.25, 0.3) is 5.91 Å². The van der Waals surface area contributed by atoms with Crippen molar-refractivity contribution in [3.05, 3.63) is 71.2 Å². The molecule has 0 radical (unpaired) electrons. The van der Waals surface area contributed by atoms with Gasteiger partial charge in [-0.25, -0.2) is 12.8 Å². The maximum absolute atomic E-state index is 13.4. The van der Waals surface area contributed by atoms with Gasteiger partial charge in [-0.3, -0.25) is 4.79 Å². The normalized spacial score (nSPS) is 16.1. The van der Waals surface area contributed by atoms with Crippen molar-refractivity contribution in [3.63, 3.8) is 0 Å². The number of benzene rings is 2. The Kier molecular flexibility index (Phi) is 5.40. The van der Waals surface area contributed by atoms with Gasteiger partial charge >= 0.3 is 0 Å². The molecule has 5 nitrogen and oxygen atoms in total. The van der Waals surface area contributed by atoms with E-state index >= 15 is 0 Å². The molecule has 1 N–H and O–H groups in total. The van der Waals surface area contributed by atoms with E-state index in [1.807, 2.05) is 0 Å². The molecule has 0 unspecified atom stereocenters. The monoisotopic (exact) mass is 429 g/mol. The Morgan fingerprint density at radius 2 is 1.77 bits per heavy atom. The fourth-order valence-corrected chi connectivity index (χ4v) is 5.25. The molecule has 1 aliphatic carbocycles. The molecule has 158 valence electrons. The molecule has 1 aromatic heterocycles. The van der Waals surface area contributed by atoms with Crippen molar-refractivity contribution in [3.8, 4) is 0 Å². The quantitative estimate of drug-likeness (QED) is 0.632. The fraction of sp³-hybridized carbons (Fsp3) is 0.348. The lowest BCUT2D eigenvalue weighted by Crippen LogP contribution is -2.39. The first-order valence-electron chi connectivity index (χ1n) is 10.00. The van der Waals surface area contributed by atoms with E-state index in [9.17, 15) is 17.6 Å². The minimum Gasteiger partial charge on any atom is -0.451 e. The lowest BCUT2D eigenvalue weighted by Gasteiger charge is -2.30. The number of sulfone groups is 1. The van der Waals surface area contributed by atoms with E-state index in [0.29, 0.717) is 23.1 Å². The molecule has 0 spiro atoms. The number of halogens is 1. The Labute approximate surface area is 175 Å². The molecule has 0 bridgehead atoms. The van der Waals surface area contributed by atoms with Crippen molar-refractivity contribution in [1.29, 1.82) is 0 Å². The fourth-order valence-electron chi connectivity index (χ4n) is 4.44. The van der Waals surface area contributed by atoms with Gasteiger partial charge in [-0.2, -0.15) is 0 Å². The highest BCUT2D eigenvalue weighted by Crippen LogP contribution is 2.40. The third-order valence-electron chi connectivity index (χ3n) is 5.92. The number of nitrogens with one attached hydrogen (secondary N) is 1. The molecule has 1 fully saturated rings. The number of carbonyl (C=O) groups excluding carboxylic acids is 1. The van der Waals surface area contributed by atoms with E-state index in [-0.39, 0.29) is 22.7 Å². The van der Waals surface area contributed by atoms with Gasteiger partial charge in [0.15, 0.2) is 15.6 Å². The lowest BCUT2D eigenvalue weighted by molar-refractivity contribution is 0.0916. The molecule has 4 rings (SSSR count). The molecule has 1 saturated carbocycles. The van der Waals surface area contributed by atoms with E-state index < -0.39 is 15.7 Å². The van der Waals surface area contributed by atoms with Gasteiger partial charge in [-0.1, -0.05) is 43.2 Å². The van der Waals surface area contributed by atoms with Gasteiger partial charge in [0, 0.05) is 29.2 Å². The van der Waals surface area contributed by atoms with Crippen LogP contribution in [0.5, 0.6) is 0 Å². The van der Waals surface area contributed by atoms with Crippen LogP contribution in [0.15, 0.2) is 52.9 Å². The Morgan fingerprint density at radius 3 is 2.43 bits per heavy atom. The minimum absolute atomic E-state index is 0.0360. The van der Waals surface area contributed by atoms with E-state index in [1.54, 1.807) is 36.4 Å². The maximum Gasteiger partial charge on any atom is 0.287 e. The molecule has 0 atom stereocenters. The maximum atomic E-state index is 13.4. The molecule has 1 heterocycles. The molecule has 1 aliphatic rings. The highest BCUT2D eigenvalue weighted by Gasteiger charge is 2.36. The number of hydrogen-bond acceptors (Lipinski definition) is 4. The van der Waals surface area contributed by atoms with Crippen molar-refractivity contribution in [2.24, 2.45) is 0 Å². The van der Waals surface area contributed by atoms with Crippen molar-refractivity contribution in [2.45, 2.75) is 36.9 Å². The third-order valence-corrected chi connectivity index (χ3v) is 6.73. The van der Waals surface area contributed by atoms with Crippen LogP contribution >= 0.6 is 0 Å². The Hall–Kier alpha value is -2.67. The Morgan fingerprint density at radius 1 is 1.10 bits per heavy atom. The smallest absolute Gasteiger partial charge is 0.287 e. The number of carbonyl (C=O) groups is 1. The predicted octanol–water partition coefficient (Wildman–Crippen LogP) is 4.36. The molecule has 0 saturated heterocycles. The number of rotatable bonds is 6. The molecule has 7 heteroatoms. The second kappa shape index (κ2) is 7.87. The van der Waals surface area contributed by atoms with E-state index in [1.165, 1.54) is 12.1 Å². The van der Waals surface area contributed by atoms with E-state index in [4.69, 9.17) is 4.42 Å². The van der Waals surface area contributed by atoms with Crippen LogP contribution in [0.3, 0.4) is 0 Å². The summed E-state index contributed by atoms with van der Waals surface area (Å²) in [5.74, 6) is -0.952. The summed E-state index contributed by atoms with van der Waals surface area (Å²) in [5.41, 5.74) is 1.61. The average Bonchev–Trinajstić information content (AvgIpc) is 3.32. The van der Waals surface area contributed by atoms with E-state index in [2.05, 4.69) is 5.32 Å². The van der Waals surface area contributed by atoms with Crippen molar-refractivity contribution >= 4 is 26.7 Å². The van der Waals surface area contributed by atoms with Crippen LogP contribution in [-0.4, -0.2) is 27.1 Å². The van der Waals surface area contributed by atoms with Gasteiger partial charge < -0.3 is 9.73 Å². The Bertz CT molecular complexity index is 1180.